The first-order chi connectivity index (χ1) is 8.36. The molecule has 1 aromatic carbocycles. The number of imide groups is 1. The summed E-state index contributed by atoms with van der Waals surface area (Å²) in [5.41, 5.74) is 2.37. The topological polar surface area (TPSA) is 58.2 Å². The standard InChI is InChI=1S/C14H18N2O2/c1-14(2,3)10-6-4-5-9(7-10)8-11-12(17)16-13(18)15-11/h4-7,11H,8H2,1-3H3,(H2,15,16,17,18). The van der Waals surface area contributed by atoms with Crippen molar-refractivity contribution >= 4 is 11.9 Å². The molecule has 0 aromatic heterocycles. The molecule has 18 heavy (non-hydrogen) atoms. The highest BCUT2D eigenvalue weighted by Crippen LogP contribution is 2.23. The summed E-state index contributed by atoms with van der Waals surface area (Å²) in [4.78, 5) is 22.5. The Morgan fingerprint density at radius 2 is 1.94 bits per heavy atom. The molecule has 1 aliphatic rings. The third-order valence-corrected chi connectivity index (χ3v) is 3.09. The summed E-state index contributed by atoms with van der Waals surface area (Å²) in [6, 6.07) is 7.29. The van der Waals surface area contributed by atoms with Crippen molar-refractivity contribution in [2.24, 2.45) is 0 Å². The highest BCUT2D eigenvalue weighted by molar-refractivity contribution is 6.04. The van der Waals surface area contributed by atoms with Gasteiger partial charge in [0.2, 0.25) is 0 Å². The third kappa shape index (κ3) is 2.70. The van der Waals surface area contributed by atoms with Crippen LogP contribution in [0.1, 0.15) is 31.9 Å². The van der Waals surface area contributed by atoms with Crippen LogP contribution in [0.15, 0.2) is 24.3 Å². The highest BCUT2D eigenvalue weighted by atomic mass is 16.2. The monoisotopic (exact) mass is 246 g/mol. The molecule has 1 saturated heterocycles. The van der Waals surface area contributed by atoms with Gasteiger partial charge in [0.25, 0.3) is 5.91 Å². The molecule has 0 saturated carbocycles. The average molecular weight is 246 g/mol. The number of benzene rings is 1. The molecule has 1 aromatic rings. The molecule has 1 aliphatic heterocycles. The lowest BCUT2D eigenvalue weighted by molar-refractivity contribution is -0.120. The lowest BCUT2D eigenvalue weighted by Gasteiger charge is -2.20. The van der Waals surface area contributed by atoms with E-state index in [4.69, 9.17) is 0 Å². The lowest BCUT2D eigenvalue weighted by Crippen LogP contribution is -2.31. The van der Waals surface area contributed by atoms with Gasteiger partial charge in [0.05, 0.1) is 0 Å². The summed E-state index contributed by atoms with van der Waals surface area (Å²) >= 11 is 0. The molecule has 3 amide bonds. The second kappa shape index (κ2) is 4.44. The summed E-state index contributed by atoms with van der Waals surface area (Å²) in [5.74, 6) is -0.249. The van der Waals surface area contributed by atoms with E-state index in [0.717, 1.165) is 5.56 Å². The maximum Gasteiger partial charge on any atom is 0.322 e. The van der Waals surface area contributed by atoms with Crippen molar-refractivity contribution in [2.75, 3.05) is 0 Å². The predicted octanol–water partition coefficient (Wildman–Crippen LogP) is 1.73. The van der Waals surface area contributed by atoms with Gasteiger partial charge in [-0.25, -0.2) is 4.79 Å². The van der Waals surface area contributed by atoms with Crippen LogP contribution in [0.5, 0.6) is 0 Å². The quantitative estimate of drug-likeness (QED) is 0.781. The minimum Gasteiger partial charge on any atom is -0.326 e. The van der Waals surface area contributed by atoms with Crippen molar-refractivity contribution in [3.63, 3.8) is 0 Å². The first-order valence-electron chi connectivity index (χ1n) is 6.07. The number of rotatable bonds is 2. The van der Waals surface area contributed by atoms with Gasteiger partial charge in [0, 0.05) is 6.42 Å². The third-order valence-electron chi connectivity index (χ3n) is 3.09. The Balaban J connectivity index is 2.15. The van der Waals surface area contributed by atoms with Crippen LogP contribution in [0.2, 0.25) is 0 Å². The molecule has 0 spiro atoms. The Bertz CT molecular complexity index is 489. The van der Waals surface area contributed by atoms with Crippen LogP contribution in [0.4, 0.5) is 4.79 Å². The largest absolute Gasteiger partial charge is 0.326 e. The highest BCUT2D eigenvalue weighted by Gasteiger charge is 2.29. The Morgan fingerprint density at radius 3 is 2.50 bits per heavy atom. The zero-order valence-corrected chi connectivity index (χ0v) is 10.9. The second-order valence-electron chi connectivity index (χ2n) is 5.67. The molecule has 1 unspecified atom stereocenters. The zero-order chi connectivity index (χ0) is 13.3. The van der Waals surface area contributed by atoms with E-state index in [1.54, 1.807) is 0 Å². The maximum atomic E-state index is 11.5. The lowest BCUT2D eigenvalue weighted by atomic mass is 9.85. The Hall–Kier alpha value is -1.84. The van der Waals surface area contributed by atoms with Crippen LogP contribution in [0.3, 0.4) is 0 Å². The van der Waals surface area contributed by atoms with Gasteiger partial charge in [0.1, 0.15) is 6.04 Å². The van der Waals surface area contributed by atoms with Crippen molar-refractivity contribution < 1.29 is 9.59 Å². The van der Waals surface area contributed by atoms with E-state index < -0.39 is 12.1 Å². The Morgan fingerprint density at radius 1 is 1.22 bits per heavy atom. The van der Waals surface area contributed by atoms with Crippen LogP contribution < -0.4 is 10.6 Å². The number of amides is 3. The summed E-state index contributed by atoms with van der Waals surface area (Å²) in [7, 11) is 0. The first kappa shape index (κ1) is 12.6. The fraction of sp³-hybridized carbons (Fsp3) is 0.429. The minimum absolute atomic E-state index is 0.0805. The molecule has 4 nitrogen and oxygen atoms in total. The fourth-order valence-corrected chi connectivity index (χ4v) is 2.00. The number of hydrogen-bond donors (Lipinski definition) is 2. The molecule has 2 rings (SSSR count). The van der Waals surface area contributed by atoms with Gasteiger partial charge in [-0.15, -0.1) is 0 Å². The van der Waals surface area contributed by atoms with Crippen molar-refractivity contribution in [1.29, 1.82) is 0 Å². The molecule has 1 atom stereocenters. The van der Waals surface area contributed by atoms with E-state index in [2.05, 4.69) is 43.5 Å². The maximum absolute atomic E-state index is 11.5. The molecule has 0 aliphatic carbocycles. The van der Waals surface area contributed by atoms with Crippen LogP contribution in [-0.4, -0.2) is 18.0 Å². The number of nitrogens with one attached hydrogen (secondary N) is 2. The van der Waals surface area contributed by atoms with Crippen molar-refractivity contribution in [2.45, 2.75) is 38.6 Å². The fourth-order valence-electron chi connectivity index (χ4n) is 2.00. The summed E-state index contributed by atoms with van der Waals surface area (Å²) in [6.07, 6.45) is 0.529. The predicted molar refractivity (Wildman–Crippen MR) is 69.3 cm³/mol. The second-order valence-corrected chi connectivity index (χ2v) is 5.67. The molecule has 0 bridgehead atoms. The summed E-state index contributed by atoms with van der Waals surface area (Å²) in [6.45, 7) is 6.45. The van der Waals surface area contributed by atoms with Gasteiger partial charge in [0.15, 0.2) is 0 Å². The van der Waals surface area contributed by atoms with Gasteiger partial charge in [-0.2, -0.15) is 0 Å². The number of carbonyl (C=O) groups excluding carboxylic acids is 2. The molecule has 96 valence electrons. The van der Waals surface area contributed by atoms with E-state index in [0.29, 0.717) is 6.42 Å². The number of carbonyl (C=O) groups is 2. The van der Waals surface area contributed by atoms with Crippen LogP contribution >= 0.6 is 0 Å². The Kier molecular flexibility index (Phi) is 3.11. The first-order valence-corrected chi connectivity index (χ1v) is 6.07. The van der Waals surface area contributed by atoms with E-state index in [-0.39, 0.29) is 11.3 Å². The van der Waals surface area contributed by atoms with E-state index in [9.17, 15) is 9.59 Å². The molecule has 4 heteroatoms. The summed E-state index contributed by atoms with van der Waals surface area (Å²) < 4.78 is 0. The number of urea groups is 1. The molecular weight excluding hydrogens is 228 g/mol. The van der Waals surface area contributed by atoms with Crippen molar-refractivity contribution in [1.82, 2.24) is 10.6 Å². The van der Waals surface area contributed by atoms with Crippen molar-refractivity contribution in [3.8, 4) is 0 Å². The average Bonchev–Trinajstić information content (AvgIpc) is 2.56. The van der Waals surface area contributed by atoms with E-state index in [1.165, 1.54) is 5.56 Å². The van der Waals surface area contributed by atoms with Gasteiger partial charge < -0.3 is 5.32 Å². The number of hydrogen-bond acceptors (Lipinski definition) is 2. The van der Waals surface area contributed by atoms with Gasteiger partial charge in [-0.05, 0) is 16.5 Å². The van der Waals surface area contributed by atoms with E-state index >= 15 is 0 Å². The molecule has 1 fully saturated rings. The molecule has 0 radical (unpaired) electrons. The smallest absolute Gasteiger partial charge is 0.322 e. The molecule has 2 N–H and O–H groups in total. The SMILES string of the molecule is CC(C)(C)c1cccc(CC2NC(=O)NC2=O)c1. The summed E-state index contributed by atoms with van der Waals surface area (Å²) in [5, 5.41) is 4.85. The van der Waals surface area contributed by atoms with Crippen molar-refractivity contribution in [3.05, 3.63) is 35.4 Å². The van der Waals surface area contributed by atoms with Gasteiger partial charge in [-0.3, -0.25) is 10.1 Å². The normalized spacial score (nSPS) is 19.6. The van der Waals surface area contributed by atoms with Crippen LogP contribution in [0, 0.1) is 0 Å². The molecule has 1 heterocycles. The minimum atomic E-state index is -0.451. The zero-order valence-electron chi connectivity index (χ0n) is 10.9. The van der Waals surface area contributed by atoms with E-state index in [1.807, 2.05) is 12.1 Å². The van der Waals surface area contributed by atoms with Gasteiger partial charge in [-0.1, -0.05) is 45.0 Å². The Labute approximate surface area is 107 Å². The van der Waals surface area contributed by atoms with Crippen LogP contribution in [-0.2, 0) is 16.6 Å². The van der Waals surface area contributed by atoms with Gasteiger partial charge >= 0.3 is 6.03 Å². The van der Waals surface area contributed by atoms with Crippen LogP contribution in [0.25, 0.3) is 0 Å². The molecular formula is C14H18N2O2.